The molecular weight excluding hydrogens is 480 g/mol. The Morgan fingerprint density at radius 2 is 1.74 bits per heavy atom. The molecule has 0 aliphatic carbocycles. The highest BCUT2D eigenvalue weighted by Gasteiger charge is 2.23. The van der Waals surface area contributed by atoms with E-state index in [0.717, 1.165) is 43.0 Å². The van der Waals surface area contributed by atoms with E-state index in [1.807, 2.05) is 26.8 Å². The minimum Gasteiger partial charge on any atom is -0.496 e. The molecule has 1 N–H and O–H groups in total. The first-order valence-corrected chi connectivity index (χ1v) is 12.7. The van der Waals surface area contributed by atoms with Crippen molar-refractivity contribution in [2.75, 3.05) is 24.2 Å². The molecule has 170 valence electrons. The molecule has 0 bridgehead atoms. The van der Waals surface area contributed by atoms with Crippen molar-refractivity contribution in [2.45, 2.75) is 46.6 Å². The number of ether oxygens (including phenoxy) is 1. The molecule has 0 aromatic heterocycles. The summed E-state index contributed by atoms with van der Waals surface area (Å²) >= 11 is 3.42. The summed E-state index contributed by atoms with van der Waals surface area (Å²) in [5, 5.41) is 2.94. The Labute approximate surface area is 194 Å². The normalized spacial score (nSPS) is 12.5. The fourth-order valence-electron chi connectivity index (χ4n) is 3.49. The zero-order valence-electron chi connectivity index (χ0n) is 19.1. The molecule has 0 fully saturated rings. The second-order valence-electron chi connectivity index (χ2n) is 8.10. The van der Waals surface area contributed by atoms with Crippen LogP contribution < -0.4 is 14.4 Å². The Bertz CT molecular complexity index is 1070. The summed E-state index contributed by atoms with van der Waals surface area (Å²) in [5.41, 5.74) is 4.37. The average molecular weight is 511 g/mol. The summed E-state index contributed by atoms with van der Waals surface area (Å²) in [7, 11) is -1.99. The molecule has 1 amide bonds. The molecule has 6 nitrogen and oxygen atoms in total. The zero-order chi connectivity index (χ0) is 23.5. The number of rotatable bonds is 8. The van der Waals surface area contributed by atoms with Crippen LogP contribution in [0.5, 0.6) is 5.75 Å². The summed E-state index contributed by atoms with van der Waals surface area (Å²) in [5.74, 6) is 0.710. The number of aryl methyl sites for hydroxylation is 2. The largest absolute Gasteiger partial charge is 0.496 e. The monoisotopic (exact) mass is 510 g/mol. The molecule has 0 aliphatic heterocycles. The van der Waals surface area contributed by atoms with E-state index in [1.54, 1.807) is 25.3 Å². The maximum Gasteiger partial charge on any atom is 0.241 e. The summed E-state index contributed by atoms with van der Waals surface area (Å²) in [6, 6.07) is 8.93. The third kappa shape index (κ3) is 6.23. The number of anilines is 1. The highest BCUT2D eigenvalue weighted by atomic mass is 79.9. The molecule has 0 heterocycles. The van der Waals surface area contributed by atoms with Crippen LogP contribution in [0.3, 0.4) is 0 Å². The van der Waals surface area contributed by atoms with Crippen LogP contribution in [0.4, 0.5) is 5.69 Å². The van der Waals surface area contributed by atoms with Crippen LogP contribution in [0.15, 0.2) is 34.8 Å². The molecule has 1 atom stereocenters. The van der Waals surface area contributed by atoms with Crippen LogP contribution in [0.1, 0.15) is 55.0 Å². The number of hydrogen-bond donors (Lipinski definition) is 1. The van der Waals surface area contributed by atoms with Gasteiger partial charge in [0.15, 0.2) is 0 Å². The van der Waals surface area contributed by atoms with E-state index in [0.29, 0.717) is 5.69 Å². The van der Waals surface area contributed by atoms with Crippen molar-refractivity contribution < 1.29 is 17.9 Å². The molecule has 1 unspecified atom stereocenters. The number of carbonyl (C=O) groups excluding carboxylic acids is 1. The third-order valence-corrected chi connectivity index (χ3v) is 7.23. The minimum atomic E-state index is -3.64. The van der Waals surface area contributed by atoms with Gasteiger partial charge in [-0.3, -0.25) is 9.10 Å². The Morgan fingerprint density at radius 1 is 1.10 bits per heavy atom. The van der Waals surface area contributed by atoms with Gasteiger partial charge in [0.05, 0.1) is 25.1 Å². The van der Waals surface area contributed by atoms with Crippen molar-refractivity contribution in [1.29, 1.82) is 0 Å². The Morgan fingerprint density at radius 3 is 2.26 bits per heavy atom. The summed E-state index contributed by atoms with van der Waals surface area (Å²) in [6.45, 7) is 9.61. The van der Waals surface area contributed by atoms with Gasteiger partial charge in [-0.05, 0) is 79.3 Å². The van der Waals surface area contributed by atoms with Gasteiger partial charge in [-0.2, -0.15) is 0 Å². The van der Waals surface area contributed by atoms with Gasteiger partial charge >= 0.3 is 0 Å². The maximum atomic E-state index is 12.8. The number of nitrogens with zero attached hydrogens (tertiary/aromatic N) is 1. The number of halogens is 1. The molecule has 8 heteroatoms. The average Bonchev–Trinajstić information content (AvgIpc) is 2.66. The fourth-order valence-corrected chi connectivity index (χ4v) is 4.58. The van der Waals surface area contributed by atoms with Gasteiger partial charge in [-0.15, -0.1) is 0 Å². The van der Waals surface area contributed by atoms with E-state index in [2.05, 4.69) is 41.2 Å². The SMILES string of the molecule is COc1cc(C)c(C(C)NC(=O)CN(c2ccc(Br)c(C)c2)S(C)(=O)=O)cc1C(C)C. The second kappa shape index (κ2) is 10.0. The van der Waals surface area contributed by atoms with E-state index in [9.17, 15) is 13.2 Å². The van der Waals surface area contributed by atoms with Gasteiger partial charge in [0.2, 0.25) is 15.9 Å². The van der Waals surface area contributed by atoms with Gasteiger partial charge < -0.3 is 10.1 Å². The van der Waals surface area contributed by atoms with Crippen molar-refractivity contribution in [1.82, 2.24) is 5.32 Å². The number of carbonyl (C=O) groups is 1. The summed E-state index contributed by atoms with van der Waals surface area (Å²) < 4.78 is 32.3. The molecule has 0 saturated heterocycles. The molecule has 0 saturated carbocycles. The first-order valence-electron chi connectivity index (χ1n) is 10.1. The molecule has 2 rings (SSSR count). The van der Waals surface area contributed by atoms with Gasteiger partial charge in [0, 0.05) is 4.47 Å². The number of nitrogens with one attached hydrogen (secondary N) is 1. The minimum absolute atomic E-state index is 0.263. The Balaban J connectivity index is 2.27. The van der Waals surface area contributed by atoms with E-state index in [1.165, 1.54) is 0 Å². The molecule has 31 heavy (non-hydrogen) atoms. The van der Waals surface area contributed by atoms with Crippen LogP contribution in [0.2, 0.25) is 0 Å². The van der Waals surface area contributed by atoms with Crippen molar-refractivity contribution in [3.8, 4) is 5.75 Å². The van der Waals surface area contributed by atoms with Crippen molar-refractivity contribution in [2.24, 2.45) is 0 Å². The van der Waals surface area contributed by atoms with Gasteiger partial charge in [0.25, 0.3) is 0 Å². The predicted molar refractivity (Wildman–Crippen MR) is 129 cm³/mol. The summed E-state index contributed by atoms with van der Waals surface area (Å²) in [6.07, 6.45) is 1.10. The van der Waals surface area contributed by atoms with E-state index in [-0.39, 0.29) is 24.4 Å². The predicted octanol–water partition coefficient (Wildman–Crippen LogP) is 4.84. The van der Waals surface area contributed by atoms with Crippen LogP contribution in [0, 0.1) is 13.8 Å². The standard InChI is InChI=1S/C23H31BrN2O4S/c1-14(2)19-12-20(15(3)11-22(19)30-6)17(5)25-23(27)13-26(31(7,28)29)18-8-9-21(24)16(4)10-18/h8-12,14,17H,13H2,1-7H3,(H,25,27). The molecule has 2 aromatic rings. The Hall–Kier alpha value is -2.06. The van der Waals surface area contributed by atoms with Gasteiger partial charge in [-0.1, -0.05) is 29.8 Å². The van der Waals surface area contributed by atoms with E-state index >= 15 is 0 Å². The van der Waals surface area contributed by atoms with Gasteiger partial charge in [-0.25, -0.2) is 8.42 Å². The number of methoxy groups -OCH3 is 1. The van der Waals surface area contributed by atoms with Crippen molar-refractivity contribution in [3.63, 3.8) is 0 Å². The van der Waals surface area contributed by atoms with Crippen LogP contribution in [-0.2, 0) is 14.8 Å². The molecule has 2 aromatic carbocycles. The van der Waals surface area contributed by atoms with Crippen LogP contribution in [0.25, 0.3) is 0 Å². The third-order valence-electron chi connectivity index (χ3n) is 5.20. The fraction of sp³-hybridized carbons (Fsp3) is 0.435. The van der Waals surface area contributed by atoms with Crippen molar-refractivity contribution in [3.05, 3.63) is 57.1 Å². The smallest absolute Gasteiger partial charge is 0.241 e. The molecule has 0 spiro atoms. The van der Waals surface area contributed by atoms with E-state index < -0.39 is 10.0 Å². The number of sulfonamides is 1. The highest BCUT2D eigenvalue weighted by Crippen LogP contribution is 2.32. The quantitative estimate of drug-likeness (QED) is 0.551. The molecule has 0 radical (unpaired) electrons. The maximum absolute atomic E-state index is 12.8. The molecule has 0 aliphatic rings. The highest BCUT2D eigenvalue weighted by molar-refractivity contribution is 9.10. The lowest BCUT2D eigenvalue weighted by molar-refractivity contribution is -0.120. The lowest BCUT2D eigenvalue weighted by atomic mass is 9.93. The lowest BCUT2D eigenvalue weighted by Crippen LogP contribution is -2.41. The van der Waals surface area contributed by atoms with Gasteiger partial charge in [0.1, 0.15) is 12.3 Å². The molecular formula is C23H31BrN2O4S. The number of hydrogen-bond acceptors (Lipinski definition) is 4. The lowest BCUT2D eigenvalue weighted by Gasteiger charge is -2.25. The Kier molecular flexibility index (Phi) is 8.16. The topological polar surface area (TPSA) is 75.7 Å². The first kappa shape index (κ1) is 25.2. The number of benzene rings is 2. The van der Waals surface area contributed by atoms with Crippen molar-refractivity contribution >= 4 is 37.5 Å². The van der Waals surface area contributed by atoms with Crippen LogP contribution in [-0.4, -0.2) is 34.2 Å². The first-order chi connectivity index (χ1) is 14.3. The second-order valence-corrected chi connectivity index (χ2v) is 10.9. The van der Waals surface area contributed by atoms with Crippen LogP contribution >= 0.6 is 15.9 Å². The zero-order valence-corrected chi connectivity index (χ0v) is 21.5. The summed E-state index contributed by atoms with van der Waals surface area (Å²) in [4.78, 5) is 12.8. The number of amides is 1. The van der Waals surface area contributed by atoms with E-state index in [4.69, 9.17) is 4.74 Å².